The van der Waals surface area contributed by atoms with E-state index in [0.29, 0.717) is 0 Å². The van der Waals surface area contributed by atoms with Crippen LogP contribution in [-0.4, -0.2) is 21.0 Å². The average Bonchev–Trinajstić information content (AvgIpc) is 2.03. The van der Waals surface area contributed by atoms with Crippen LogP contribution in [0.15, 0.2) is 12.1 Å². The van der Waals surface area contributed by atoms with E-state index in [1.54, 1.807) is 0 Å². The summed E-state index contributed by atoms with van der Waals surface area (Å²) in [6.45, 7) is 0. The highest BCUT2D eigenvalue weighted by Gasteiger charge is 2.21. The van der Waals surface area contributed by atoms with Gasteiger partial charge in [-0.3, -0.25) is 10.1 Å². The molecule has 1 N–H and O–H groups in total. The number of nitro groups is 1. The van der Waals surface area contributed by atoms with Crippen LogP contribution >= 0.6 is 11.6 Å². The third-order valence-electron chi connectivity index (χ3n) is 1.24. The van der Waals surface area contributed by atoms with Crippen molar-refractivity contribution in [2.75, 3.05) is 0 Å². The lowest BCUT2D eigenvalue weighted by Gasteiger charge is -1.96. The SMILES string of the molecule is O=C(O)c1nc(Cl)ccc1[N+](=O)[O-]. The normalized spacial score (nSPS) is 9.62. The molecule has 0 atom stereocenters. The van der Waals surface area contributed by atoms with Crippen LogP contribution < -0.4 is 0 Å². The molecule has 1 aromatic rings. The van der Waals surface area contributed by atoms with Crippen molar-refractivity contribution in [3.8, 4) is 0 Å². The first-order valence-electron chi connectivity index (χ1n) is 3.06. The van der Waals surface area contributed by atoms with Gasteiger partial charge in [0.25, 0.3) is 0 Å². The standard InChI is InChI=1S/C6H3ClN2O4/c7-4-2-1-3(9(12)13)5(8-4)6(10)11/h1-2H,(H,10,11). The highest BCUT2D eigenvalue weighted by molar-refractivity contribution is 6.29. The van der Waals surface area contributed by atoms with E-state index in [0.717, 1.165) is 12.1 Å². The first-order chi connectivity index (χ1) is 6.02. The van der Waals surface area contributed by atoms with Gasteiger partial charge in [-0.05, 0) is 6.07 Å². The number of carboxylic acids is 1. The van der Waals surface area contributed by atoms with Crippen LogP contribution in [0.4, 0.5) is 5.69 Å². The second-order valence-corrected chi connectivity index (χ2v) is 2.45. The van der Waals surface area contributed by atoms with Crippen molar-refractivity contribution in [1.29, 1.82) is 0 Å². The van der Waals surface area contributed by atoms with Crippen LogP contribution in [0.2, 0.25) is 5.15 Å². The number of pyridine rings is 1. The van der Waals surface area contributed by atoms with E-state index in [9.17, 15) is 14.9 Å². The summed E-state index contributed by atoms with van der Waals surface area (Å²) in [5, 5.41) is 18.7. The van der Waals surface area contributed by atoms with Crippen molar-refractivity contribution in [3.05, 3.63) is 33.1 Å². The van der Waals surface area contributed by atoms with Crippen LogP contribution in [0.5, 0.6) is 0 Å². The van der Waals surface area contributed by atoms with Crippen molar-refractivity contribution >= 4 is 23.3 Å². The minimum atomic E-state index is -1.48. The molecule has 7 heteroatoms. The largest absolute Gasteiger partial charge is 0.476 e. The Morgan fingerprint density at radius 3 is 2.69 bits per heavy atom. The number of rotatable bonds is 2. The number of hydrogen-bond acceptors (Lipinski definition) is 4. The lowest BCUT2D eigenvalue weighted by atomic mass is 10.3. The smallest absolute Gasteiger partial charge is 0.361 e. The van der Waals surface area contributed by atoms with Crippen LogP contribution in [0.1, 0.15) is 10.5 Å². The van der Waals surface area contributed by atoms with Gasteiger partial charge in [0.05, 0.1) is 4.92 Å². The van der Waals surface area contributed by atoms with E-state index in [-0.39, 0.29) is 5.15 Å². The molecular weight excluding hydrogens is 200 g/mol. The average molecular weight is 203 g/mol. The maximum absolute atomic E-state index is 10.5. The van der Waals surface area contributed by atoms with Crippen LogP contribution in [-0.2, 0) is 0 Å². The topological polar surface area (TPSA) is 93.3 Å². The predicted molar refractivity (Wildman–Crippen MR) is 42.9 cm³/mol. The minimum absolute atomic E-state index is 0.0944. The number of hydrogen-bond donors (Lipinski definition) is 1. The Labute approximate surface area is 76.9 Å². The van der Waals surface area contributed by atoms with Gasteiger partial charge >= 0.3 is 11.7 Å². The molecule has 13 heavy (non-hydrogen) atoms. The fourth-order valence-electron chi connectivity index (χ4n) is 0.733. The fourth-order valence-corrected chi connectivity index (χ4v) is 0.880. The van der Waals surface area contributed by atoms with Crippen LogP contribution in [0, 0.1) is 10.1 Å². The van der Waals surface area contributed by atoms with E-state index in [2.05, 4.69) is 4.98 Å². The van der Waals surface area contributed by atoms with E-state index in [4.69, 9.17) is 16.7 Å². The second kappa shape index (κ2) is 3.36. The second-order valence-electron chi connectivity index (χ2n) is 2.06. The number of carboxylic acid groups (broad SMARTS) is 1. The Balaban J connectivity index is 3.35. The molecule has 6 nitrogen and oxygen atoms in total. The van der Waals surface area contributed by atoms with Crippen molar-refractivity contribution < 1.29 is 14.8 Å². The van der Waals surface area contributed by atoms with Crippen molar-refractivity contribution in [1.82, 2.24) is 4.98 Å². The molecule has 0 unspecified atom stereocenters. The highest BCUT2D eigenvalue weighted by atomic mass is 35.5. The zero-order chi connectivity index (χ0) is 10.0. The first kappa shape index (κ1) is 9.40. The number of aromatic carboxylic acids is 1. The number of aromatic nitrogens is 1. The van der Waals surface area contributed by atoms with E-state index < -0.39 is 22.3 Å². The number of carbonyl (C=O) groups is 1. The first-order valence-corrected chi connectivity index (χ1v) is 3.44. The maximum atomic E-state index is 10.5. The lowest BCUT2D eigenvalue weighted by molar-refractivity contribution is -0.385. The molecule has 1 heterocycles. The summed E-state index contributed by atoms with van der Waals surface area (Å²) >= 11 is 5.37. The highest BCUT2D eigenvalue weighted by Crippen LogP contribution is 2.18. The molecule has 0 aliphatic rings. The third-order valence-corrected chi connectivity index (χ3v) is 1.45. The third kappa shape index (κ3) is 1.91. The molecule has 0 amide bonds. The summed E-state index contributed by atoms with van der Waals surface area (Å²) in [6.07, 6.45) is 0. The predicted octanol–water partition coefficient (Wildman–Crippen LogP) is 1.34. The quantitative estimate of drug-likeness (QED) is 0.444. The summed E-state index contributed by atoms with van der Waals surface area (Å²) in [6, 6.07) is 2.16. The molecule has 1 aromatic heterocycles. The van der Waals surface area contributed by atoms with Gasteiger partial charge in [0.2, 0.25) is 5.69 Å². The Morgan fingerprint density at radius 1 is 1.62 bits per heavy atom. The van der Waals surface area contributed by atoms with Gasteiger partial charge in [0.1, 0.15) is 5.15 Å². The molecular formula is C6H3ClN2O4. The number of halogens is 1. The molecule has 0 aliphatic heterocycles. The monoisotopic (exact) mass is 202 g/mol. The summed E-state index contributed by atoms with van der Waals surface area (Å²) in [4.78, 5) is 23.2. The summed E-state index contributed by atoms with van der Waals surface area (Å²) in [5.74, 6) is -1.48. The molecule has 0 saturated carbocycles. The molecule has 0 spiro atoms. The zero-order valence-corrected chi connectivity index (χ0v) is 6.85. The summed E-state index contributed by atoms with van der Waals surface area (Å²) in [5.41, 5.74) is -1.23. The molecule has 68 valence electrons. The lowest BCUT2D eigenvalue weighted by Crippen LogP contribution is -2.05. The number of nitrogens with zero attached hydrogens (tertiary/aromatic N) is 2. The van der Waals surface area contributed by atoms with Gasteiger partial charge in [-0.2, -0.15) is 0 Å². The Bertz CT molecular complexity index is 379. The van der Waals surface area contributed by atoms with E-state index in [1.165, 1.54) is 0 Å². The Morgan fingerprint density at radius 2 is 2.23 bits per heavy atom. The molecule has 0 radical (unpaired) electrons. The molecule has 1 rings (SSSR count). The van der Waals surface area contributed by atoms with Gasteiger partial charge in [-0.15, -0.1) is 0 Å². The van der Waals surface area contributed by atoms with Gasteiger partial charge < -0.3 is 5.11 Å². The van der Waals surface area contributed by atoms with Crippen molar-refractivity contribution in [3.63, 3.8) is 0 Å². The van der Waals surface area contributed by atoms with Crippen molar-refractivity contribution in [2.45, 2.75) is 0 Å². The maximum Gasteiger partial charge on any atom is 0.361 e. The van der Waals surface area contributed by atoms with E-state index >= 15 is 0 Å². The van der Waals surface area contributed by atoms with Crippen LogP contribution in [0.25, 0.3) is 0 Å². The molecule has 0 fully saturated rings. The van der Waals surface area contributed by atoms with Gasteiger partial charge in [0.15, 0.2) is 0 Å². The van der Waals surface area contributed by atoms with Gasteiger partial charge in [0, 0.05) is 6.07 Å². The fraction of sp³-hybridized carbons (Fsp3) is 0. The van der Waals surface area contributed by atoms with E-state index in [1.807, 2.05) is 0 Å². The Hall–Kier alpha value is -1.69. The molecule has 0 saturated heterocycles. The molecule has 0 bridgehead atoms. The zero-order valence-electron chi connectivity index (χ0n) is 6.10. The van der Waals surface area contributed by atoms with Gasteiger partial charge in [-0.25, -0.2) is 9.78 Å². The van der Waals surface area contributed by atoms with Crippen LogP contribution in [0.3, 0.4) is 0 Å². The molecule has 0 aliphatic carbocycles. The van der Waals surface area contributed by atoms with Gasteiger partial charge in [-0.1, -0.05) is 11.6 Å². The van der Waals surface area contributed by atoms with Crippen molar-refractivity contribution in [2.24, 2.45) is 0 Å². The Kier molecular flexibility index (Phi) is 2.43. The molecule has 0 aromatic carbocycles. The summed E-state index contributed by atoms with van der Waals surface area (Å²) in [7, 11) is 0. The summed E-state index contributed by atoms with van der Waals surface area (Å²) < 4.78 is 0. The minimum Gasteiger partial charge on any atom is -0.476 e.